The third kappa shape index (κ3) is 2.47. The summed E-state index contributed by atoms with van der Waals surface area (Å²) < 4.78 is 38.9. The van der Waals surface area contributed by atoms with E-state index in [1.807, 2.05) is 0 Å². The van der Waals surface area contributed by atoms with Gasteiger partial charge in [0.15, 0.2) is 0 Å². The van der Waals surface area contributed by atoms with E-state index in [0.29, 0.717) is 20.6 Å². The lowest BCUT2D eigenvalue weighted by Gasteiger charge is -2.01. The van der Waals surface area contributed by atoms with Gasteiger partial charge in [-0.05, 0) is 6.07 Å². The van der Waals surface area contributed by atoms with Crippen LogP contribution in [0.5, 0.6) is 0 Å². The van der Waals surface area contributed by atoms with Crippen molar-refractivity contribution in [3.05, 3.63) is 35.7 Å². The second-order valence-electron chi connectivity index (χ2n) is 4.07. The minimum absolute atomic E-state index is 0.0676. The lowest BCUT2D eigenvalue weighted by Crippen LogP contribution is -2.11. The minimum Gasteiger partial charge on any atom is -0.389 e. The average molecular weight is 329 g/mol. The molecule has 0 saturated heterocycles. The number of hydrogen-bond acceptors (Lipinski definition) is 5. The van der Waals surface area contributed by atoms with Crippen molar-refractivity contribution in [1.82, 2.24) is 19.8 Å². The van der Waals surface area contributed by atoms with E-state index in [4.69, 9.17) is 18.0 Å². The van der Waals surface area contributed by atoms with E-state index in [9.17, 15) is 13.2 Å². The molecular weight excluding hydrogens is 323 g/mol. The summed E-state index contributed by atoms with van der Waals surface area (Å²) in [5.74, 6) is -1.15. The highest BCUT2D eigenvalue weighted by molar-refractivity contribution is 7.80. The molecule has 0 atom stereocenters. The fourth-order valence-corrected chi connectivity index (χ4v) is 2.68. The third-order valence-electron chi connectivity index (χ3n) is 2.64. The summed E-state index contributed by atoms with van der Waals surface area (Å²) >= 11 is 5.88. The van der Waals surface area contributed by atoms with E-state index in [0.717, 1.165) is 11.3 Å². The van der Waals surface area contributed by atoms with Gasteiger partial charge >= 0.3 is 6.18 Å². The van der Waals surface area contributed by atoms with Crippen molar-refractivity contribution in [2.45, 2.75) is 6.18 Å². The number of thiocarbonyl (C=S) groups is 1. The van der Waals surface area contributed by atoms with Crippen LogP contribution in [0.2, 0.25) is 0 Å². The van der Waals surface area contributed by atoms with E-state index in [1.165, 1.54) is 0 Å². The predicted molar refractivity (Wildman–Crippen MR) is 75.0 cm³/mol. The number of fused-ring (bicyclic) bond motifs is 1. The molecule has 0 amide bonds. The van der Waals surface area contributed by atoms with Gasteiger partial charge in [-0.3, -0.25) is 0 Å². The standard InChI is InChI=1S/C11H6F3N5S2/c12-11(13,14)9-16-17-10-19(9)18-8(21-10)6-3-1-2-5(4-6)7(15)20/h1-4H,(H2,15,20). The minimum atomic E-state index is -4.61. The highest BCUT2D eigenvalue weighted by atomic mass is 32.1. The molecule has 1 aromatic carbocycles. The first-order chi connectivity index (χ1) is 9.86. The van der Waals surface area contributed by atoms with Crippen molar-refractivity contribution in [3.63, 3.8) is 0 Å². The van der Waals surface area contributed by atoms with E-state index < -0.39 is 12.0 Å². The Morgan fingerprint density at radius 3 is 2.71 bits per heavy atom. The van der Waals surface area contributed by atoms with Crippen LogP contribution in [0.25, 0.3) is 15.5 Å². The first kappa shape index (κ1) is 13.9. The van der Waals surface area contributed by atoms with Gasteiger partial charge in [-0.15, -0.1) is 10.2 Å². The van der Waals surface area contributed by atoms with Gasteiger partial charge in [0.1, 0.15) is 10.00 Å². The zero-order chi connectivity index (χ0) is 15.2. The molecular formula is C11H6F3N5S2. The summed E-state index contributed by atoms with van der Waals surface area (Å²) in [6, 6.07) is 6.80. The number of nitrogens with two attached hydrogens (primary N) is 1. The molecule has 2 heterocycles. The summed E-state index contributed by atoms with van der Waals surface area (Å²) in [7, 11) is 0. The normalized spacial score (nSPS) is 12.0. The van der Waals surface area contributed by atoms with Crippen LogP contribution in [-0.4, -0.2) is 24.8 Å². The van der Waals surface area contributed by atoms with Gasteiger partial charge < -0.3 is 5.73 Å². The molecule has 3 rings (SSSR count). The Labute approximate surface area is 125 Å². The summed E-state index contributed by atoms with van der Waals surface area (Å²) in [6.45, 7) is 0. The molecule has 0 fully saturated rings. The largest absolute Gasteiger partial charge is 0.453 e. The summed E-state index contributed by atoms with van der Waals surface area (Å²) in [5.41, 5.74) is 6.77. The van der Waals surface area contributed by atoms with Crippen LogP contribution < -0.4 is 5.73 Å². The molecule has 0 unspecified atom stereocenters. The molecule has 10 heteroatoms. The van der Waals surface area contributed by atoms with Crippen molar-refractivity contribution < 1.29 is 13.2 Å². The quantitative estimate of drug-likeness (QED) is 0.732. The number of rotatable bonds is 2. The second-order valence-corrected chi connectivity index (χ2v) is 5.46. The SMILES string of the molecule is NC(=S)c1cccc(-c2nn3c(C(F)(F)F)nnc3s2)c1. The van der Waals surface area contributed by atoms with Crippen LogP contribution in [0, 0.1) is 0 Å². The Morgan fingerprint density at radius 1 is 1.29 bits per heavy atom. The first-order valence-electron chi connectivity index (χ1n) is 5.56. The van der Waals surface area contributed by atoms with Gasteiger partial charge in [0.25, 0.3) is 5.82 Å². The maximum Gasteiger partial charge on any atom is 0.453 e. The maximum atomic E-state index is 12.7. The summed E-state index contributed by atoms with van der Waals surface area (Å²) in [4.78, 5) is 0.272. The molecule has 21 heavy (non-hydrogen) atoms. The van der Waals surface area contributed by atoms with E-state index in [1.54, 1.807) is 24.3 Å². The molecule has 0 aliphatic carbocycles. The van der Waals surface area contributed by atoms with Crippen molar-refractivity contribution in [3.8, 4) is 10.6 Å². The van der Waals surface area contributed by atoms with E-state index in [-0.39, 0.29) is 9.95 Å². The number of benzene rings is 1. The van der Waals surface area contributed by atoms with Crippen molar-refractivity contribution >= 4 is 33.5 Å². The Kier molecular flexibility index (Phi) is 3.14. The number of aromatic nitrogens is 4. The topological polar surface area (TPSA) is 69.1 Å². The smallest absolute Gasteiger partial charge is 0.389 e. The molecule has 0 bridgehead atoms. The zero-order valence-corrected chi connectivity index (χ0v) is 11.8. The highest BCUT2D eigenvalue weighted by Crippen LogP contribution is 2.31. The predicted octanol–water partition coefficient (Wildman–Crippen LogP) is 2.51. The fraction of sp³-hybridized carbons (Fsp3) is 0.0909. The molecule has 2 aromatic heterocycles. The highest BCUT2D eigenvalue weighted by Gasteiger charge is 2.38. The molecule has 3 aromatic rings. The van der Waals surface area contributed by atoms with E-state index in [2.05, 4.69) is 15.3 Å². The molecule has 0 radical (unpaired) electrons. The second kappa shape index (κ2) is 4.74. The third-order valence-corrected chi connectivity index (χ3v) is 3.82. The molecule has 5 nitrogen and oxygen atoms in total. The van der Waals surface area contributed by atoms with Crippen molar-refractivity contribution in [1.29, 1.82) is 0 Å². The first-order valence-corrected chi connectivity index (χ1v) is 6.78. The van der Waals surface area contributed by atoms with Gasteiger partial charge in [-0.1, -0.05) is 41.8 Å². The van der Waals surface area contributed by atoms with Crippen molar-refractivity contribution in [2.75, 3.05) is 0 Å². The van der Waals surface area contributed by atoms with Crippen LogP contribution >= 0.6 is 23.6 Å². The van der Waals surface area contributed by atoms with Crippen LogP contribution in [0.4, 0.5) is 13.2 Å². The lowest BCUT2D eigenvalue weighted by molar-refractivity contribution is -0.146. The maximum absolute atomic E-state index is 12.7. The Bertz CT molecular complexity index is 836. The molecule has 0 spiro atoms. The van der Waals surface area contributed by atoms with Crippen LogP contribution in [0.3, 0.4) is 0 Å². The van der Waals surface area contributed by atoms with Gasteiger partial charge in [-0.25, -0.2) is 0 Å². The molecule has 0 aliphatic heterocycles. The van der Waals surface area contributed by atoms with Gasteiger partial charge in [0.05, 0.1) is 0 Å². The monoisotopic (exact) mass is 329 g/mol. The molecule has 108 valence electrons. The summed E-state index contributed by atoms with van der Waals surface area (Å²) in [6.07, 6.45) is -4.61. The van der Waals surface area contributed by atoms with Crippen LogP contribution in [0.15, 0.2) is 24.3 Å². The van der Waals surface area contributed by atoms with Crippen LogP contribution in [0.1, 0.15) is 11.4 Å². The average Bonchev–Trinajstić information content (AvgIpc) is 2.96. The lowest BCUT2D eigenvalue weighted by atomic mass is 10.1. The Morgan fingerprint density at radius 2 is 2.05 bits per heavy atom. The molecule has 2 N–H and O–H groups in total. The molecule has 0 saturated carbocycles. The number of halogens is 3. The Hall–Kier alpha value is -2.07. The van der Waals surface area contributed by atoms with Crippen molar-refractivity contribution in [2.24, 2.45) is 5.73 Å². The van der Waals surface area contributed by atoms with Gasteiger partial charge in [-0.2, -0.15) is 22.8 Å². The van der Waals surface area contributed by atoms with Crippen LogP contribution in [-0.2, 0) is 6.18 Å². The number of alkyl halides is 3. The summed E-state index contributed by atoms with van der Waals surface area (Å²) in [5, 5.41) is 10.9. The zero-order valence-electron chi connectivity index (χ0n) is 10.1. The number of nitrogens with zero attached hydrogens (tertiary/aromatic N) is 4. The van der Waals surface area contributed by atoms with Gasteiger partial charge in [0.2, 0.25) is 4.96 Å². The fourth-order valence-electron chi connectivity index (χ4n) is 1.72. The number of hydrogen-bond donors (Lipinski definition) is 1. The molecule has 0 aliphatic rings. The Balaban J connectivity index is 2.12. The van der Waals surface area contributed by atoms with Gasteiger partial charge in [0, 0.05) is 11.1 Å². The van der Waals surface area contributed by atoms with E-state index >= 15 is 0 Å².